The molecule has 0 spiro atoms. The summed E-state index contributed by atoms with van der Waals surface area (Å²) in [5.74, 6) is -1.23. The van der Waals surface area contributed by atoms with Gasteiger partial charge in [-0.15, -0.1) is 0 Å². The molecule has 0 saturated heterocycles. The number of carbonyl (C=O) groups excluding carboxylic acids is 1. The van der Waals surface area contributed by atoms with Gasteiger partial charge in [0.05, 0.1) is 5.75 Å². The van der Waals surface area contributed by atoms with Gasteiger partial charge in [0, 0.05) is 23.9 Å². The minimum atomic E-state index is -3.72. The summed E-state index contributed by atoms with van der Waals surface area (Å²) < 4.78 is 39.9. The smallest absolute Gasteiger partial charge is 0.237 e. The molecule has 0 bridgehead atoms. The zero-order valence-corrected chi connectivity index (χ0v) is 12.7. The molecule has 0 aliphatic carbocycles. The topological polar surface area (TPSA) is 75.3 Å². The molecule has 0 unspecified atom stereocenters. The van der Waals surface area contributed by atoms with E-state index in [0.717, 1.165) is 0 Å². The highest BCUT2D eigenvalue weighted by atomic mass is 32.2. The zero-order valence-electron chi connectivity index (χ0n) is 11.8. The summed E-state index contributed by atoms with van der Waals surface area (Å²) in [6, 6.07) is 11.9. The maximum absolute atomic E-state index is 13.5. The summed E-state index contributed by atoms with van der Waals surface area (Å²) in [7, 11) is -3.72. The second-order valence-corrected chi connectivity index (χ2v) is 6.43. The van der Waals surface area contributed by atoms with Crippen molar-refractivity contribution in [3.63, 3.8) is 0 Å². The van der Waals surface area contributed by atoms with Gasteiger partial charge in [-0.1, -0.05) is 18.2 Å². The van der Waals surface area contributed by atoms with Gasteiger partial charge in [-0.05, 0) is 30.3 Å². The first-order chi connectivity index (χ1) is 10.4. The van der Waals surface area contributed by atoms with Gasteiger partial charge in [0.15, 0.2) is 0 Å². The SMILES string of the molecule is CC(=O)Nc1ccc(NS(=O)(=O)Cc2ccccc2F)cc1. The molecular weight excluding hydrogens is 307 g/mol. The second kappa shape index (κ2) is 6.57. The number of anilines is 2. The predicted molar refractivity (Wildman–Crippen MR) is 83.4 cm³/mol. The molecule has 2 rings (SSSR count). The van der Waals surface area contributed by atoms with Gasteiger partial charge < -0.3 is 5.32 Å². The lowest BCUT2D eigenvalue weighted by atomic mass is 10.2. The Morgan fingerprint density at radius 2 is 1.64 bits per heavy atom. The molecule has 0 radical (unpaired) electrons. The highest BCUT2D eigenvalue weighted by Crippen LogP contribution is 2.17. The van der Waals surface area contributed by atoms with Crippen LogP contribution in [0.1, 0.15) is 12.5 Å². The standard InChI is InChI=1S/C15H15FN2O3S/c1-11(19)17-13-6-8-14(9-7-13)18-22(20,21)10-12-4-2-3-5-15(12)16/h2-9,18H,10H2,1H3,(H,17,19). The van der Waals surface area contributed by atoms with E-state index in [4.69, 9.17) is 0 Å². The van der Waals surface area contributed by atoms with Gasteiger partial charge in [0.2, 0.25) is 15.9 Å². The van der Waals surface area contributed by atoms with E-state index in [-0.39, 0.29) is 11.5 Å². The Bertz CT molecular complexity index is 774. The lowest BCUT2D eigenvalue weighted by Crippen LogP contribution is -2.16. The molecule has 7 heteroatoms. The molecule has 0 atom stereocenters. The molecule has 0 heterocycles. The maximum Gasteiger partial charge on any atom is 0.237 e. The number of carbonyl (C=O) groups is 1. The summed E-state index contributed by atoms with van der Waals surface area (Å²) >= 11 is 0. The minimum absolute atomic E-state index is 0.102. The van der Waals surface area contributed by atoms with E-state index in [9.17, 15) is 17.6 Å². The molecule has 2 N–H and O–H groups in total. The van der Waals surface area contributed by atoms with Crippen molar-refractivity contribution >= 4 is 27.3 Å². The van der Waals surface area contributed by atoms with E-state index in [2.05, 4.69) is 10.0 Å². The van der Waals surface area contributed by atoms with Crippen molar-refractivity contribution in [1.82, 2.24) is 0 Å². The molecule has 0 fully saturated rings. The van der Waals surface area contributed by atoms with E-state index in [1.807, 2.05) is 0 Å². The third-order valence-corrected chi connectivity index (χ3v) is 4.02. The monoisotopic (exact) mass is 322 g/mol. The summed E-state index contributed by atoms with van der Waals surface area (Å²) in [5.41, 5.74) is 1.000. The molecule has 116 valence electrons. The molecular formula is C15H15FN2O3S. The van der Waals surface area contributed by atoms with Crippen LogP contribution in [0.3, 0.4) is 0 Å². The van der Waals surface area contributed by atoms with E-state index in [1.54, 1.807) is 18.2 Å². The first kappa shape index (κ1) is 16.0. The van der Waals surface area contributed by atoms with Crippen LogP contribution in [0.15, 0.2) is 48.5 Å². The van der Waals surface area contributed by atoms with E-state index < -0.39 is 21.6 Å². The Morgan fingerprint density at radius 1 is 1.05 bits per heavy atom. The van der Waals surface area contributed by atoms with Crippen molar-refractivity contribution < 1.29 is 17.6 Å². The lowest BCUT2D eigenvalue weighted by Gasteiger charge is -2.09. The normalized spacial score (nSPS) is 11.0. The number of hydrogen-bond acceptors (Lipinski definition) is 3. The third-order valence-electron chi connectivity index (χ3n) is 2.78. The molecule has 0 saturated carbocycles. The van der Waals surface area contributed by atoms with Gasteiger partial charge in [0.25, 0.3) is 0 Å². The van der Waals surface area contributed by atoms with E-state index >= 15 is 0 Å². The fourth-order valence-electron chi connectivity index (χ4n) is 1.86. The number of rotatable bonds is 5. The van der Waals surface area contributed by atoms with Gasteiger partial charge in [0.1, 0.15) is 5.82 Å². The van der Waals surface area contributed by atoms with Gasteiger partial charge in [-0.25, -0.2) is 12.8 Å². The van der Waals surface area contributed by atoms with Crippen molar-refractivity contribution in [1.29, 1.82) is 0 Å². The number of hydrogen-bond donors (Lipinski definition) is 2. The van der Waals surface area contributed by atoms with Crippen LogP contribution in [0.4, 0.5) is 15.8 Å². The highest BCUT2D eigenvalue weighted by molar-refractivity contribution is 7.91. The Kier molecular flexibility index (Phi) is 4.77. The fraction of sp³-hybridized carbons (Fsp3) is 0.133. The predicted octanol–water partition coefficient (Wildman–Crippen LogP) is 2.73. The van der Waals surface area contributed by atoms with Crippen LogP contribution >= 0.6 is 0 Å². The first-order valence-electron chi connectivity index (χ1n) is 6.47. The Morgan fingerprint density at radius 3 is 2.23 bits per heavy atom. The number of benzene rings is 2. The van der Waals surface area contributed by atoms with Crippen LogP contribution in [-0.4, -0.2) is 14.3 Å². The number of nitrogens with one attached hydrogen (secondary N) is 2. The van der Waals surface area contributed by atoms with Gasteiger partial charge in [-0.3, -0.25) is 9.52 Å². The van der Waals surface area contributed by atoms with Crippen molar-refractivity contribution in [3.05, 3.63) is 59.9 Å². The van der Waals surface area contributed by atoms with Crippen LogP contribution in [0.5, 0.6) is 0 Å². The molecule has 1 amide bonds. The fourth-order valence-corrected chi connectivity index (χ4v) is 3.07. The lowest BCUT2D eigenvalue weighted by molar-refractivity contribution is -0.114. The van der Waals surface area contributed by atoms with Crippen LogP contribution in [0.2, 0.25) is 0 Å². The summed E-state index contributed by atoms with van der Waals surface area (Å²) in [4.78, 5) is 10.9. The summed E-state index contributed by atoms with van der Waals surface area (Å²) in [6.45, 7) is 1.38. The third kappa shape index (κ3) is 4.56. The Balaban J connectivity index is 2.09. The molecule has 5 nitrogen and oxygen atoms in total. The largest absolute Gasteiger partial charge is 0.326 e. The first-order valence-corrected chi connectivity index (χ1v) is 8.12. The molecule has 0 aromatic heterocycles. The average molecular weight is 322 g/mol. The van der Waals surface area contributed by atoms with Crippen LogP contribution in [0, 0.1) is 5.82 Å². The van der Waals surface area contributed by atoms with E-state index in [1.165, 1.54) is 37.3 Å². The van der Waals surface area contributed by atoms with Crippen LogP contribution < -0.4 is 10.0 Å². The van der Waals surface area contributed by atoms with E-state index in [0.29, 0.717) is 11.4 Å². The number of halogens is 1. The quantitative estimate of drug-likeness (QED) is 0.889. The van der Waals surface area contributed by atoms with Gasteiger partial charge in [-0.2, -0.15) is 0 Å². The summed E-state index contributed by atoms with van der Waals surface area (Å²) in [5, 5.41) is 2.58. The highest BCUT2D eigenvalue weighted by Gasteiger charge is 2.14. The van der Waals surface area contributed by atoms with Crippen LogP contribution in [0.25, 0.3) is 0 Å². The van der Waals surface area contributed by atoms with Crippen molar-refractivity contribution in [2.24, 2.45) is 0 Å². The van der Waals surface area contributed by atoms with Crippen molar-refractivity contribution in [2.45, 2.75) is 12.7 Å². The molecule has 2 aromatic carbocycles. The average Bonchev–Trinajstić information content (AvgIpc) is 2.42. The molecule has 0 aliphatic heterocycles. The maximum atomic E-state index is 13.5. The molecule has 2 aromatic rings. The van der Waals surface area contributed by atoms with Crippen molar-refractivity contribution in [2.75, 3.05) is 10.0 Å². The summed E-state index contributed by atoms with van der Waals surface area (Å²) in [6.07, 6.45) is 0. The zero-order chi connectivity index (χ0) is 16.2. The number of amides is 1. The molecule has 22 heavy (non-hydrogen) atoms. The number of sulfonamides is 1. The Hall–Kier alpha value is -2.41. The minimum Gasteiger partial charge on any atom is -0.326 e. The Labute approximate surface area is 128 Å². The van der Waals surface area contributed by atoms with Crippen LogP contribution in [-0.2, 0) is 20.6 Å². The second-order valence-electron chi connectivity index (χ2n) is 4.71. The molecule has 0 aliphatic rings. The van der Waals surface area contributed by atoms with Gasteiger partial charge >= 0.3 is 0 Å². The van der Waals surface area contributed by atoms with Crippen molar-refractivity contribution in [3.8, 4) is 0 Å².